The Morgan fingerprint density at radius 2 is 1.73 bits per heavy atom. The molecule has 0 atom stereocenters. The molecule has 2 heterocycles. The van der Waals surface area contributed by atoms with Crippen molar-refractivity contribution in [3.63, 3.8) is 0 Å². The molecule has 0 spiro atoms. The molecule has 22 heavy (non-hydrogen) atoms. The van der Waals surface area contributed by atoms with E-state index in [0.29, 0.717) is 12.4 Å². The molecule has 1 aromatic heterocycles. The third-order valence-corrected chi connectivity index (χ3v) is 4.63. The van der Waals surface area contributed by atoms with Crippen LogP contribution in [0.4, 0.5) is 5.82 Å². The predicted octanol–water partition coefficient (Wildman–Crippen LogP) is 1.81. The second kappa shape index (κ2) is 5.14. The van der Waals surface area contributed by atoms with Crippen molar-refractivity contribution in [3.05, 3.63) is 42.1 Å². The lowest BCUT2D eigenvalue weighted by molar-refractivity contribution is 0.00578. The SMILES string of the molecule is CC1(C)OB(c2ccccc2Cn2nccc2N)OC1(C)C. The zero-order valence-electron chi connectivity index (χ0n) is 13.5. The van der Waals surface area contributed by atoms with Crippen LogP contribution in [-0.4, -0.2) is 28.1 Å². The number of nitrogen functional groups attached to an aromatic ring is 1. The van der Waals surface area contributed by atoms with Gasteiger partial charge in [0.15, 0.2) is 0 Å². The summed E-state index contributed by atoms with van der Waals surface area (Å²) in [6.07, 6.45) is 1.70. The summed E-state index contributed by atoms with van der Waals surface area (Å²) in [5.41, 5.74) is 7.33. The molecule has 0 amide bonds. The molecule has 2 N–H and O–H groups in total. The number of hydrogen-bond acceptors (Lipinski definition) is 4. The summed E-state index contributed by atoms with van der Waals surface area (Å²) in [7, 11) is -0.377. The maximum atomic E-state index is 6.16. The van der Waals surface area contributed by atoms with Gasteiger partial charge in [0, 0.05) is 0 Å². The minimum Gasteiger partial charge on any atom is -0.399 e. The van der Waals surface area contributed by atoms with E-state index in [-0.39, 0.29) is 18.3 Å². The van der Waals surface area contributed by atoms with Crippen molar-refractivity contribution in [2.75, 3.05) is 5.73 Å². The second-order valence-corrected chi connectivity index (χ2v) is 6.70. The molecule has 0 bridgehead atoms. The number of nitrogens with zero attached hydrogens (tertiary/aromatic N) is 2. The number of rotatable bonds is 3. The van der Waals surface area contributed by atoms with E-state index in [4.69, 9.17) is 15.0 Å². The van der Waals surface area contributed by atoms with Crippen LogP contribution in [-0.2, 0) is 15.9 Å². The fourth-order valence-electron chi connectivity index (χ4n) is 2.51. The largest absolute Gasteiger partial charge is 0.495 e. The number of aromatic nitrogens is 2. The zero-order chi connectivity index (χ0) is 16.0. The normalized spacial score (nSPS) is 19.5. The first kappa shape index (κ1) is 15.1. The molecule has 1 fully saturated rings. The lowest BCUT2D eigenvalue weighted by Crippen LogP contribution is -2.41. The van der Waals surface area contributed by atoms with Crippen molar-refractivity contribution >= 4 is 18.4 Å². The fourth-order valence-corrected chi connectivity index (χ4v) is 2.51. The van der Waals surface area contributed by atoms with Crippen LogP contribution < -0.4 is 11.2 Å². The Labute approximate surface area is 131 Å². The number of hydrogen-bond donors (Lipinski definition) is 1. The van der Waals surface area contributed by atoms with Crippen LogP contribution in [0.3, 0.4) is 0 Å². The molecule has 0 unspecified atom stereocenters. The maximum absolute atomic E-state index is 6.16. The van der Waals surface area contributed by atoms with Gasteiger partial charge in [0.05, 0.1) is 23.9 Å². The van der Waals surface area contributed by atoms with E-state index in [1.165, 1.54) is 0 Å². The maximum Gasteiger partial charge on any atom is 0.495 e. The molecule has 6 heteroatoms. The van der Waals surface area contributed by atoms with Crippen LogP contribution in [0, 0.1) is 0 Å². The van der Waals surface area contributed by atoms with Gasteiger partial charge in [-0.15, -0.1) is 0 Å². The topological polar surface area (TPSA) is 62.3 Å². The highest BCUT2D eigenvalue weighted by Crippen LogP contribution is 2.36. The average molecular weight is 299 g/mol. The van der Waals surface area contributed by atoms with Gasteiger partial charge in [0.25, 0.3) is 0 Å². The van der Waals surface area contributed by atoms with Gasteiger partial charge in [0.1, 0.15) is 5.82 Å². The summed E-state index contributed by atoms with van der Waals surface area (Å²) in [6, 6.07) is 9.89. The van der Waals surface area contributed by atoms with Crippen molar-refractivity contribution in [1.29, 1.82) is 0 Å². The van der Waals surface area contributed by atoms with Gasteiger partial charge in [0.2, 0.25) is 0 Å². The first-order valence-corrected chi connectivity index (χ1v) is 7.51. The summed E-state index contributed by atoms with van der Waals surface area (Å²) in [4.78, 5) is 0. The Hall–Kier alpha value is -1.79. The van der Waals surface area contributed by atoms with E-state index < -0.39 is 0 Å². The summed E-state index contributed by atoms with van der Waals surface area (Å²) in [5, 5.41) is 4.25. The Balaban J connectivity index is 1.91. The van der Waals surface area contributed by atoms with Crippen molar-refractivity contribution < 1.29 is 9.31 Å². The van der Waals surface area contributed by atoms with Crippen molar-refractivity contribution in [2.24, 2.45) is 0 Å². The summed E-state index contributed by atoms with van der Waals surface area (Å²) >= 11 is 0. The van der Waals surface area contributed by atoms with E-state index in [9.17, 15) is 0 Å². The van der Waals surface area contributed by atoms with Crippen LogP contribution in [0.5, 0.6) is 0 Å². The summed E-state index contributed by atoms with van der Waals surface area (Å²) < 4.78 is 14.1. The minimum absolute atomic E-state index is 0.352. The number of anilines is 1. The predicted molar refractivity (Wildman–Crippen MR) is 87.9 cm³/mol. The quantitative estimate of drug-likeness (QED) is 0.878. The first-order chi connectivity index (χ1) is 10.3. The van der Waals surface area contributed by atoms with Crippen LogP contribution in [0.2, 0.25) is 0 Å². The van der Waals surface area contributed by atoms with Gasteiger partial charge in [-0.25, -0.2) is 4.68 Å². The molecule has 2 aromatic rings. The van der Waals surface area contributed by atoms with Crippen LogP contribution in [0.15, 0.2) is 36.5 Å². The van der Waals surface area contributed by atoms with Gasteiger partial charge in [-0.2, -0.15) is 5.10 Å². The van der Waals surface area contributed by atoms with Crippen LogP contribution >= 0.6 is 0 Å². The fraction of sp³-hybridized carbons (Fsp3) is 0.438. The monoisotopic (exact) mass is 299 g/mol. The lowest BCUT2D eigenvalue weighted by atomic mass is 9.76. The Kier molecular flexibility index (Phi) is 3.53. The third-order valence-electron chi connectivity index (χ3n) is 4.63. The minimum atomic E-state index is -0.377. The zero-order valence-corrected chi connectivity index (χ0v) is 13.5. The highest BCUT2D eigenvalue weighted by Gasteiger charge is 2.52. The molecule has 0 radical (unpaired) electrons. The first-order valence-electron chi connectivity index (χ1n) is 7.51. The van der Waals surface area contributed by atoms with Crippen LogP contribution in [0.25, 0.3) is 0 Å². The molecule has 0 aliphatic carbocycles. The molecule has 3 rings (SSSR count). The highest BCUT2D eigenvalue weighted by atomic mass is 16.7. The van der Waals surface area contributed by atoms with E-state index in [0.717, 1.165) is 11.0 Å². The van der Waals surface area contributed by atoms with Gasteiger partial charge in [-0.3, -0.25) is 0 Å². The molecule has 5 nitrogen and oxygen atoms in total. The van der Waals surface area contributed by atoms with E-state index in [1.807, 2.05) is 18.2 Å². The Morgan fingerprint density at radius 1 is 1.09 bits per heavy atom. The van der Waals surface area contributed by atoms with Crippen LogP contribution in [0.1, 0.15) is 33.3 Å². The van der Waals surface area contributed by atoms with Crippen molar-refractivity contribution in [1.82, 2.24) is 9.78 Å². The van der Waals surface area contributed by atoms with Gasteiger partial charge < -0.3 is 15.0 Å². The Bertz CT molecular complexity index is 666. The van der Waals surface area contributed by atoms with Crippen molar-refractivity contribution in [3.8, 4) is 0 Å². The van der Waals surface area contributed by atoms with Gasteiger partial charge in [-0.05, 0) is 44.8 Å². The second-order valence-electron chi connectivity index (χ2n) is 6.70. The molecule has 1 saturated heterocycles. The molecule has 0 saturated carbocycles. The lowest BCUT2D eigenvalue weighted by Gasteiger charge is -2.32. The average Bonchev–Trinajstić information content (AvgIpc) is 2.92. The molecule has 116 valence electrons. The Morgan fingerprint density at radius 3 is 2.32 bits per heavy atom. The third kappa shape index (κ3) is 2.53. The van der Waals surface area contributed by atoms with Gasteiger partial charge in [-0.1, -0.05) is 24.3 Å². The van der Waals surface area contributed by atoms with Crippen molar-refractivity contribution in [2.45, 2.75) is 45.4 Å². The molecule has 1 aliphatic heterocycles. The highest BCUT2D eigenvalue weighted by molar-refractivity contribution is 6.62. The molecular formula is C16H22BN3O2. The molecule has 1 aromatic carbocycles. The number of benzene rings is 1. The smallest absolute Gasteiger partial charge is 0.399 e. The summed E-state index contributed by atoms with van der Waals surface area (Å²) in [5.74, 6) is 0.642. The summed E-state index contributed by atoms with van der Waals surface area (Å²) in [6.45, 7) is 8.82. The standard InChI is InChI=1S/C16H22BN3O2/c1-15(2)16(3,4)22-17(21-15)13-8-6-5-7-12(13)11-20-14(18)9-10-19-20/h5-10H,11,18H2,1-4H3. The van der Waals surface area contributed by atoms with E-state index in [1.54, 1.807) is 16.9 Å². The van der Waals surface area contributed by atoms with Gasteiger partial charge >= 0.3 is 7.12 Å². The van der Waals surface area contributed by atoms with E-state index in [2.05, 4.69) is 38.9 Å². The molecular weight excluding hydrogens is 277 g/mol. The molecule has 1 aliphatic rings. The van der Waals surface area contributed by atoms with E-state index >= 15 is 0 Å². The number of nitrogens with two attached hydrogens (primary N) is 1.